The lowest BCUT2D eigenvalue weighted by Gasteiger charge is -2.02. The standard InChI is InChI=1S/C16H30O4/c17-14-10-12-15(18)11-8-6-4-2-1-3-5-7-9-13-16(19)20/h17H,1-14H2,(H,19,20). The van der Waals surface area contributed by atoms with Crippen LogP contribution < -0.4 is 0 Å². The first kappa shape index (κ1) is 19.1. The molecule has 0 fully saturated rings. The summed E-state index contributed by atoms with van der Waals surface area (Å²) in [5.74, 6) is -0.420. The molecule has 0 atom stereocenters. The summed E-state index contributed by atoms with van der Waals surface area (Å²) in [6, 6.07) is 0. The van der Waals surface area contributed by atoms with Crippen molar-refractivity contribution in [3.8, 4) is 0 Å². The SMILES string of the molecule is O=C(O)CCCCCCCCCCCC(=O)CCCO. The Balaban J connectivity index is 3.09. The fourth-order valence-corrected chi connectivity index (χ4v) is 2.24. The molecule has 118 valence electrons. The van der Waals surface area contributed by atoms with E-state index in [9.17, 15) is 9.59 Å². The van der Waals surface area contributed by atoms with Crippen molar-refractivity contribution in [1.29, 1.82) is 0 Å². The summed E-state index contributed by atoms with van der Waals surface area (Å²) in [5.41, 5.74) is 0. The molecule has 0 aliphatic rings. The zero-order valence-corrected chi connectivity index (χ0v) is 12.6. The Morgan fingerprint density at radius 1 is 0.600 bits per heavy atom. The van der Waals surface area contributed by atoms with Gasteiger partial charge in [-0.05, 0) is 19.3 Å². The number of hydrogen-bond donors (Lipinski definition) is 2. The Bertz CT molecular complexity index is 251. The van der Waals surface area contributed by atoms with Gasteiger partial charge in [-0.25, -0.2) is 0 Å². The van der Waals surface area contributed by atoms with Crippen molar-refractivity contribution < 1.29 is 19.8 Å². The molecule has 0 saturated heterocycles. The van der Waals surface area contributed by atoms with Crippen molar-refractivity contribution in [1.82, 2.24) is 0 Å². The molecule has 0 saturated carbocycles. The Hall–Kier alpha value is -0.900. The highest BCUT2D eigenvalue weighted by molar-refractivity contribution is 5.78. The highest BCUT2D eigenvalue weighted by atomic mass is 16.4. The summed E-state index contributed by atoms with van der Waals surface area (Å²) in [5, 5.41) is 17.1. The Labute approximate surface area is 122 Å². The average Bonchev–Trinajstić information content (AvgIpc) is 2.42. The summed E-state index contributed by atoms with van der Waals surface area (Å²) in [6.45, 7) is 0.109. The molecular formula is C16H30O4. The van der Waals surface area contributed by atoms with E-state index in [-0.39, 0.29) is 12.4 Å². The van der Waals surface area contributed by atoms with Gasteiger partial charge in [0, 0.05) is 25.9 Å². The summed E-state index contributed by atoms with van der Waals surface area (Å²) < 4.78 is 0. The third-order valence-electron chi connectivity index (χ3n) is 3.46. The van der Waals surface area contributed by atoms with Crippen LogP contribution in [0.2, 0.25) is 0 Å². The third-order valence-corrected chi connectivity index (χ3v) is 3.46. The highest BCUT2D eigenvalue weighted by Crippen LogP contribution is 2.12. The number of carbonyl (C=O) groups is 2. The minimum absolute atomic E-state index is 0.109. The molecule has 0 unspecified atom stereocenters. The van der Waals surface area contributed by atoms with E-state index in [0.717, 1.165) is 32.1 Å². The van der Waals surface area contributed by atoms with E-state index < -0.39 is 5.97 Å². The number of aliphatic hydroxyl groups is 1. The van der Waals surface area contributed by atoms with Gasteiger partial charge in [0.15, 0.2) is 0 Å². The molecule has 0 aliphatic carbocycles. The molecule has 0 bridgehead atoms. The fourth-order valence-electron chi connectivity index (χ4n) is 2.24. The molecule has 0 aromatic rings. The predicted octanol–water partition coefficient (Wildman–Crippen LogP) is 3.70. The van der Waals surface area contributed by atoms with Gasteiger partial charge in [-0.3, -0.25) is 9.59 Å². The zero-order chi connectivity index (χ0) is 15.1. The number of Topliss-reactive ketones (excluding diaryl/α,β-unsaturated/α-hetero) is 1. The van der Waals surface area contributed by atoms with Gasteiger partial charge >= 0.3 is 5.97 Å². The first-order valence-corrected chi connectivity index (χ1v) is 8.01. The van der Waals surface area contributed by atoms with Crippen LogP contribution in [0.5, 0.6) is 0 Å². The van der Waals surface area contributed by atoms with Gasteiger partial charge < -0.3 is 10.2 Å². The van der Waals surface area contributed by atoms with Crippen molar-refractivity contribution >= 4 is 11.8 Å². The molecule has 2 N–H and O–H groups in total. The number of carbonyl (C=O) groups excluding carboxylic acids is 1. The maximum Gasteiger partial charge on any atom is 0.303 e. The van der Waals surface area contributed by atoms with Crippen LogP contribution in [0, 0.1) is 0 Å². The molecule has 0 aliphatic heterocycles. The van der Waals surface area contributed by atoms with E-state index in [1.807, 2.05) is 0 Å². The van der Waals surface area contributed by atoms with E-state index in [2.05, 4.69) is 0 Å². The molecule has 4 nitrogen and oxygen atoms in total. The van der Waals surface area contributed by atoms with Crippen LogP contribution in [0.3, 0.4) is 0 Å². The lowest BCUT2D eigenvalue weighted by molar-refractivity contribution is -0.137. The number of hydrogen-bond acceptors (Lipinski definition) is 3. The van der Waals surface area contributed by atoms with E-state index in [1.165, 1.54) is 25.7 Å². The summed E-state index contributed by atoms with van der Waals surface area (Å²) >= 11 is 0. The van der Waals surface area contributed by atoms with Crippen LogP contribution >= 0.6 is 0 Å². The maximum atomic E-state index is 11.3. The van der Waals surface area contributed by atoms with Gasteiger partial charge in [0.05, 0.1) is 0 Å². The van der Waals surface area contributed by atoms with Crippen LogP contribution in [0.4, 0.5) is 0 Å². The minimum atomic E-state index is -0.696. The van der Waals surface area contributed by atoms with Crippen LogP contribution in [0.15, 0.2) is 0 Å². The van der Waals surface area contributed by atoms with Crippen LogP contribution in [0.25, 0.3) is 0 Å². The number of aliphatic hydroxyl groups excluding tert-OH is 1. The number of unbranched alkanes of at least 4 members (excludes halogenated alkanes) is 8. The molecule has 0 radical (unpaired) electrons. The minimum Gasteiger partial charge on any atom is -0.481 e. The molecule has 0 heterocycles. The number of carboxylic acid groups (broad SMARTS) is 1. The molecule has 20 heavy (non-hydrogen) atoms. The lowest BCUT2D eigenvalue weighted by atomic mass is 10.0. The maximum absolute atomic E-state index is 11.3. The zero-order valence-electron chi connectivity index (χ0n) is 12.6. The largest absolute Gasteiger partial charge is 0.481 e. The van der Waals surface area contributed by atoms with Gasteiger partial charge in [-0.2, -0.15) is 0 Å². The number of aliphatic carboxylic acids is 1. The van der Waals surface area contributed by atoms with E-state index in [1.54, 1.807) is 0 Å². The molecule has 4 heteroatoms. The van der Waals surface area contributed by atoms with E-state index in [0.29, 0.717) is 25.7 Å². The number of ketones is 1. The van der Waals surface area contributed by atoms with Gasteiger partial charge in [-0.15, -0.1) is 0 Å². The second-order valence-electron chi connectivity index (χ2n) is 5.44. The lowest BCUT2D eigenvalue weighted by Crippen LogP contribution is -1.99. The summed E-state index contributed by atoms with van der Waals surface area (Å²) in [4.78, 5) is 21.6. The second-order valence-corrected chi connectivity index (χ2v) is 5.44. The first-order valence-electron chi connectivity index (χ1n) is 8.01. The molecule has 0 spiro atoms. The smallest absolute Gasteiger partial charge is 0.303 e. The summed E-state index contributed by atoms with van der Waals surface area (Å²) in [6.07, 6.45) is 11.9. The summed E-state index contributed by atoms with van der Waals surface area (Å²) in [7, 11) is 0. The predicted molar refractivity (Wildman–Crippen MR) is 79.7 cm³/mol. The number of carboxylic acids is 1. The van der Waals surface area contributed by atoms with Gasteiger partial charge in [-0.1, -0.05) is 44.9 Å². The molecule has 0 rings (SSSR count). The first-order chi connectivity index (χ1) is 9.66. The van der Waals surface area contributed by atoms with Gasteiger partial charge in [0.2, 0.25) is 0 Å². The Morgan fingerprint density at radius 2 is 1.00 bits per heavy atom. The quantitative estimate of drug-likeness (QED) is 0.450. The van der Waals surface area contributed by atoms with Crippen molar-refractivity contribution in [3.63, 3.8) is 0 Å². The number of rotatable bonds is 15. The van der Waals surface area contributed by atoms with Crippen molar-refractivity contribution in [3.05, 3.63) is 0 Å². The fraction of sp³-hybridized carbons (Fsp3) is 0.875. The molecule has 0 aromatic heterocycles. The highest BCUT2D eigenvalue weighted by Gasteiger charge is 2.01. The molecule has 0 amide bonds. The average molecular weight is 286 g/mol. The second kappa shape index (κ2) is 14.5. The van der Waals surface area contributed by atoms with Crippen LogP contribution in [-0.4, -0.2) is 28.6 Å². The van der Waals surface area contributed by atoms with E-state index in [4.69, 9.17) is 10.2 Å². The van der Waals surface area contributed by atoms with Crippen LogP contribution in [0.1, 0.15) is 83.5 Å². The normalized spacial score (nSPS) is 10.7. The van der Waals surface area contributed by atoms with Crippen molar-refractivity contribution in [2.24, 2.45) is 0 Å². The van der Waals surface area contributed by atoms with E-state index >= 15 is 0 Å². The third kappa shape index (κ3) is 15.2. The van der Waals surface area contributed by atoms with Crippen LogP contribution in [-0.2, 0) is 9.59 Å². The Kier molecular flexibility index (Phi) is 13.9. The van der Waals surface area contributed by atoms with Crippen molar-refractivity contribution in [2.45, 2.75) is 83.5 Å². The Morgan fingerprint density at radius 3 is 1.45 bits per heavy atom. The van der Waals surface area contributed by atoms with Gasteiger partial charge in [0.25, 0.3) is 0 Å². The van der Waals surface area contributed by atoms with Gasteiger partial charge in [0.1, 0.15) is 5.78 Å². The van der Waals surface area contributed by atoms with Crippen molar-refractivity contribution in [2.75, 3.05) is 6.61 Å². The monoisotopic (exact) mass is 286 g/mol. The topological polar surface area (TPSA) is 74.6 Å². The molecular weight excluding hydrogens is 256 g/mol. The molecule has 0 aromatic carbocycles.